The minimum atomic E-state index is -0.565. The van der Waals surface area contributed by atoms with Gasteiger partial charge < -0.3 is 25.8 Å². The van der Waals surface area contributed by atoms with Crippen LogP contribution in [0.5, 0.6) is 0 Å². The molecule has 2 rings (SSSR count). The number of hydrogen-bond donors (Lipinski definition) is 4. The number of amides is 1. The summed E-state index contributed by atoms with van der Waals surface area (Å²) < 4.78 is 5.66. The van der Waals surface area contributed by atoms with Crippen molar-refractivity contribution in [2.24, 2.45) is 5.41 Å². The van der Waals surface area contributed by atoms with Crippen LogP contribution in [0.2, 0.25) is 0 Å². The number of rotatable bonds is 5. The van der Waals surface area contributed by atoms with E-state index in [0.717, 1.165) is 25.9 Å². The zero-order valence-electron chi connectivity index (χ0n) is 14.8. The Balaban J connectivity index is 0.00000264. The Hall–Kier alpha value is -0.110. The molecule has 0 spiro atoms. The van der Waals surface area contributed by atoms with Crippen molar-refractivity contribution < 1.29 is 14.6 Å². The highest BCUT2D eigenvalue weighted by atomic mass is 35.5. The first-order valence-electron chi connectivity index (χ1n) is 8.38. The number of piperidine rings is 1. The van der Waals surface area contributed by atoms with Gasteiger partial charge in [-0.2, -0.15) is 0 Å². The molecule has 2 fully saturated rings. The number of carbonyl (C=O) groups is 1. The molecule has 3 atom stereocenters. The molecule has 24 heavy (non-hydrogen) atoms. The molecule has 6 nitrogen and oxygen atoms in total. The summed E-state index contributed by atoms with van der Waals surface area (Å²) in [7, 11) is 0. The van der Waals surface area contributed by atoms with E-state index in [9.17, 15) is 9.90 Å². The average Bonchev–Trinajstić information content (AvgIpc) is 2.77. The lowest BCUT2D eigenvalue weighted by atomic mass is 9.92. The minimum Gasteiger partial charge on any atom is -0.389 e. The Morgan fingerprint density at radius 3 is 2.46 bits per heavy atom. The first-order chi connectivity index (χ1) is 10.3. The Labute approximate surface area is 157 Å². The van der Waals surface area contributed by atoms with Crippen molar-refractivity contribution in [3.05, 3.63) is 0 Å². The van der Waals surface area contributed by atoms with Crippen molar-refractivity contribution in [1.29, 1.82) is 0 Å². The molecular formula is C16H33Cl2N3O3. The van der Waals surface area contributed by atoms with E-state index < -0.39 is 6.10 Å². The van der Waals surface area contributed by atoms with Gasteiger partial charge in [0.05, 0.1) is 18.8 Å². The van der Waals surface area contributed by atoms with Gasteiger partial charge in [-0.1, -0.05) is 20.8 Å². The highest BCUT2D eigenvalue weighted by molar-refractivity contribution is 5.85. The Morgan fingerprint density at radius 1 is 1.25 bits per heavy atom. The molecule has 4 N–H and O–H groups in total. The molecule has 0 radical (unpaired) electrons. The van der Waals surface area contributed by atoms with Gasteiger partial charge in [0.25, 0.3) is 0 Å². The van der Waals surface area contributed by atoms with Crippen LogP contribution in [0.1, 0.15) is 40.0 Å². The number of aliphatic hydroxyl groups is 1. The highest BCUT2D eigenvalue weighted by Crippen LogP contribution is 2.19. The summed E-state index contributed by atoms with van der Waals surface area (Å²) in [6.07, 6.45) is 1.76. The Morgan fingerprint density at radius 2 is 1.88 bits per heavy atom. The maximum absolute atomic E-state index is 11.8. The molecule has 2 aliphatic rings. The van der Waals surface area contributed by atoms with Gasteiger partial charge in [0.1, 0.15) is 6.10 Å². The fourth-order valence-electron chi connectivity index (χ4n) is 3.06. The van der Waals surface area contributed by atoms with E-state index in [-0.39, 0.29) is 48.3 Å². The summed E-state index contributed by atoms with van der Waals surface area (Å²) in [6.45, 7) is 9.03. The second-order valence-electron chi connectivity index (χ2n) is 7.70. The number of nitrogens with one attached hydrogen (secondary N) is 3. The van der Waals surface area contributed by atoms with Crippen molar-refractivity contribution in [1.82, 2.24) is 16.0 Å². The second kappa shape index (κ2) is 10.8. The van der Waals surface area contributed by atoms with Crippen LogP contribution in [0.25, 0.3) is 0 Å². The van der Waals surface area contributed by atoms with Crippen LogP contribution >= 0.6 is 24.8 Å². The lowest BCUT2D eigenvalue weighted by molar-refractivity contribution is -0.123. The third-order valence-electron chi connectivity index (χ3n) is 4.26. The highest BCUT2D eigenvalue weighted by Gasteiger charge is 2.37. The third kappa shape index (κ3) is 7.85. The zero-order chi connectivity index (χ0) is 16.2. The van der Waals surface area contributed by atoms with Gasteiger partial charge in [0, 0.05) is 19.0 Å². The maximum Gasteiger partial charge on any atom is 0.220 e. The van der Waals surface area contributed by atoms with Crippen molar-refractivity contribution in [2.75, 3.05) is 26.2 Å². The first-order valence-corrected chi connectivity index (χ1v) is 8.38. The van der Waals surface area contributed by atoms with Crippen LogP contribution in [-0.2, 0) is 9.53 Å². The lowest BCUT2D eigenvalue weighted by Crippen LogP contribution is -2.50. The number of carbonyl (C=O) groups excluding carboxylic acids is 1. The molecule has 0 aromatic rings. The molecule has 0 aliphatic carbocycles. The second-order valence-corrected chi connectivity index (χ2v) is 7.70. The summed E-state index contributed by atoms with van der Waals surface area (Å²) >= 11 is 0. The maximum atomic E-state index is 11.8. The van der Waals surface area contributed by atoms with E-state index in [0.29, 0.717) is 25.6 Å². The van der Waals surface area contributed by atoms with Gasteiger partial charge >= 0.3 is 0 Å². The Bertz CT molecular complexity index is 374. The number of ether oxygens (including phenoxy) is 1. The number of hydrogen-bond acceptors (Lipinski definition) is 5. The molecule has 0 unspecified atom stereocenters. The average molecular weight is 386 g/mol. The summed E-state index contributed by atoms with van der Waals surface area (Å²) in [5, 5.41) is 20.1. The SMILES string of the molecule is CC(C)(C)CC(=O)NC[C@H]1OC[C@@H](NC2CCNCC2)[C@@H]1O.Cl.Cl. The van der Waals surface area contributed by atoms with Crippen LogP contribution in [0.4, 0.5) is 0 Å². The molecule has 0 aromatic heterocycles. The van der Waals surface area contributed by atoms with E-state index in [1.54, 1.807) is 0 Å². The summed E-state index contributed by atoms with van der Waals surface area (Å²) in [5.41, 5.74) is -0.0294. The van der Waals surface area contributed by atoms with Crippen molar-refractivity contribution in [3.8, 4) is 0 Å². The van der Waals surface area contributed by atoms with Crippen LogP contribution in [0, 0.1) is 5.41 Å². The molecule has 1 amide bonds. The molecular weight excluding hydrogens is 353 g/mol. The molecule has 0 aromatic carbocycles. The topological polar surface area (TPSA) is 82.6 Å². The van der Waals surface area contributed by atoms with Crippen LogP contribution in [0.3, 0.4) is 0 Å². The van der Waals surface area contributed by atoms with Crippen molar-refractivity contribution in [3.63, 3.8) is 0 Å². The molecule has 2 saturated heterocycles. The van der Waals surface area contributed by atoms with Gasteiger partial charge in [-0.15, -0.1) is 24.8 Å². The van der Waals surface area contributed by atoms with E-state index in [2.05, 4.69) is 16.0 Å². The lowest BCUT2D eigenvalue weighted by Gasteiger charge is -2.28. The summed E-state index contributed by atoms with van der Waals surface area (Å²) in [4.78, 5) is 11.8. The van der Waals surface area contributed by atoms with Gasteiger partial charge in [-0.05, 0) is 31.3 Å². The Kier molecular flexibility index (Phi) is 10.7. The molecule has 0 saturated carbocycles. The van der Waals surface area contributed by atoms with Crippen molar-refractivity contribution in [2.45, 2.75) is 64.3 Å². The number of halogens is 2. The van der Waals surface area contributed by atoms with E-state index in [4.69, 9.17) is 4.74 Å². The minimum absolute atomic E-state index is 0. The molecule has 0 bridgehead atoms. The van der Waals surface area contributed by atoms with Crippen molar-refractivity contribution >= 4 is 30.7 Å². The first kappa shape index (κ1) is 23.9. The van der Waals surface area contributed by atoms with Crippen LogP contribution in [-0.4, -0.2) is 61.5 Å². The van der Waals surface area contributed by atoms with Gasteiger partial charge in [-0.3, -0.25) is 4.79 Å². The smallest absolute Gasteiger partial charge is 0.220 e. The predicted octanol–water partition coefficient (Wildman–Crippen LogP) is 0.852. The van der Waals surface area contributed by atoms with Crippen LogP contribution in [0.15, 0.2) is 0 Å². The van der Waals surface area contributed by atoms with Gasteiger partial charge in [0.2, 0.25) is 5.91 Å². The summed E-state index contributed by atoms with van der Waals surface area (Å²) in [5.74, 6) is 0.0121. The quantitative estimate of drug-likeness (QED) is 0.563. The largest absolute Gasteiger partial charge is 0.389 e. The normalized spacial score (nSPS) is 27.9. The fourth-order valence-corrected chi connectivity index (χ4v) is 3.06. The van der Waals surface area contributed by atoms with E-state index in [1.807, 2.05) is 20.8 Å². The fraction of sp³-hybridized carbons (Fsp3) is 0.938. The standard InChI is InChI=1S/C16H31N3O3.2ClH/c1-16(2,3)8-14(20)18-9-13-15(21)12(10-22-13)19-11-4-6-17-7-5-11;;/h11-13,15,17,19,21H,4-10H2,1-3H3,(H,18,20);2*1H/t12-,13-,15+;;/m1../s1. The predicted molar refractivity (Wildman–Crippen MR) is 100 cm³/mol. The molecule has 2 aliphatic heterocycles. The third-order valence-corrected chi connectivity index (χ3v) is 4.26. The van der Waals surface area contributed by atoms with E-state index >= 15 is 0 Å². The monoisotopic (exact) mass is 385 g/mol. The van der Waals surface area contributed by atoms with Gasteiger partial charge in [0.15, 0.2) is 0 Å². The number of aliphatic hydroxyl groups excluding tert-OH is 1. The molecule has 144 valence electrons. The van der Waals surface area contributed by atoms with Gasteiger partial charge in [-0.25, -0.2) is 0 Å². The van der Waals surface area contributed by atoms with E-state index in [1.165, 1.54) is 0 Å². The molecule has 2 heterocycles. The van der Waals surface area contributed by atoms with Crippen LogP contribution < -0.4 is 16.0 Å². The molecule has 8 heteroatoms. The zero-order valence-corrected chi connectivity index (χ0v) is 16.5. The summed E-state index contributed by atoms with van der Waals surface area (Å²) in [6, 6.07) is 0.409.